The molecule has 0 bridgehead atoms. The van der Waals surface area contributed by atoms with Gasteiger partial charge in [0.15, 0.2) is 0 Å². The lowest BCUT2D eigenvalue weighted by atomic mass is 9.87. The topological polar surface area (TPSA) is 20.2 Å². The SMILES string of the molecule is CC(C)Cc1ccc(C2(O)CCSCC2)cc1. The highest BCUT2D eigenvalue weighted by molar-refractivity contribution is 7.99. The maximum atomic E-state index is 10.6. The van der Waals surface area contributed by atoms with E-state index in [1.54, 1.807) is 0 Å². The van der Waals surface area contributed by atoms with Crippen molar-refractivity contribution in [2.45, 2.75) is 38.7 Å². The molecule has 1 nitrogen and oxygen atoms in total. The molecule has 0 radical (unpaired) electrons. The van der Waals surface area contributed by atoms with Gasteiger partial charge in [0.2, 0.25) is 0 Å². The Balaban J connectivity index is 2.11. The summed E-state index contributed by atoms with van der Waals surface area (Å²) < 4.78 is 0. The number of thioether (sulfide) groups is 1. The molecule has 1 N–H and O–H groups in total. The summed E-state index contributed by atoms with van der Waals surface area (Å²) in [5.41, 5.74) is 1.91. The van der Waals surface area contributed by atoms with Gasteiger partial charge in [0.1, 0.15) is 0 Å². The van der Waals surface area contributed by atoms with E-state index >= 15 is 0 Å². The quantitative estimate of drug-likeness (QED) is 0.884. The third-order valence-electron chi connectivity index (χ3n) is 3.46. The van der Waals surface area contributed by atoms with Gasteiger partial charge in [-0.25, -0.2) is 0 Å². The summed E-state index contributed by atoms with van der Waals surface area (Å²) in [7, 11) is 0. The highest BCUT2D eigenvalue weighted by Gasteiger charge is 2.31. The zero-order chi connectivity index (χ0) is 12.3. The average Bonchev–Trinajstić information content (AvgIpc) is 2.30. The number of benzene rings is 1. The molecule has 0 aromatic heterocycles. The molecule has 17 heavy (non-hydrogen) atoms. The standard InChI is InChI=1S/C15H22OS/c1-12(2)11-13-3-5-14(6-4-13)15(16)7-9-17-10-8-15/h3-6,12,16H,7-11H2,1-2H3. The van der Waals surface area contributed by atoms with Crippen molar-refractivity contribution in [3.8, 4) is 0 Å². The highest BCUT2D eigenvalue weighted by atomic mass is 32.2. The van der Waals surface area contributed by atoms with E-state index in [0.717, 1.165) is 36.3 Å². The molecular formula is C15H22OS. The van der Waals surface area contributed by atoms with Crippen LogP contribution in [0.5, 0.6) is 0 Å². The summed E-state index contributed by atoms with van der Waals surface area (Å²) in [5.74, 6) is 2.84. The second kappa shape index (κ2) is 5.45. The minimum atomic E-state index is -0.568. The fourth-order valence-electron chi connectivity index (χ4n) is 2.42. The Morgan fingerprint density at radius 1 is 1.18 bits per heavy atom. The van der Waals surface area contributed by atoms with Crippen LogP contribution in [0.2, 0.25) is 0 Å². The molecular weight excluding hydrogens is 228 g/mol. The molecule has 0 aliphatic carbocycles. The van der Waals surface area contributed by atoms with Crippen LogP contribution in [0.25, 0.3) is 0 Å². The third kappa shape index (κ3) is 3.26. The van der Waals surface area contributed by atoms with Crippen molar-refractivity contribution in [3.63, 3.8) is 0 Å². The zero-order valence-electron chi connectivity index (χ0n) is 10.8. The fourth-order valence-corrected chi connectivity index (χ4v) is 3.59. The van der Waals surface area contributed by atoms with Gasteiger partial charge in [0.25, 0.3) is 0 Å². The molecule has 1 aromatic carbocycles. The third-order valence-corrected chi connectivity index (χ3v) is 4.44. The fraction of sp³-hybridized carbons (Fsp3) is 0.600. The maximum Gasteiger partial charge on any atom is 0.0912 e. The second-order valence-electron chi connectivity index (χ2n) is 5.44. The van der Waals surface area contributed by atoms with E-state index in [1.807, 2.05) is 11.8 Å². The Labute approximate surface area is 109 Å². The molecule has 1 aromatic rings. The van der Waals surface area contributed by atoms with Crippen LogP contribution < -0.4 is 0 Å². The Morgan fingerprint density at radius 2 is 1.76 bits per heavy atom. The van der Waals surface area contributed by atoms with Crippen molar-refractivity contribution < 1.29 is 5.11 Å². The van der Waals surface area contributed by atoms with Gasteiger partial charge in [0, 0.05) is 0 Å². The van der Waals surface area contributed by atoms with Crippen molar-refractivity contribution >= 4 is 11.8 Å². The van der Waals surface area contributed by atoms with Crippen molar-refractivity contribution in [2.75, 3.05) is 11.5 Å². The van der Waals surface area contributed by atoms with Gasteiger partial charge in [-0.15, -0.1) is 0 Å². The van der Waals surface area contributed by atoms with Crippen LogP contribution in [0.15, 0.2) is 24.3 Å². The van der Waals surface area contributed by atoms with Crippen molar-refractivity contribution in [3.05, 3.63) is 35.4 Å². The van der Waals surface area contributed by atoms with Crippen molar-refractivity contribution in [2.24, 2.45) is 5.92 Å². The first-order chi connectivity index (χ1) is 8.10. The lowest BCUT2D eigenvalue weighted by Crippen LogP contribution is -2.30. The van der Waals surface area contributed by atoms with Gasteiger partial charge in [-0.2, -0.15) is 11.8 Å². The van der Waals surface area contributed by atoms with Gasteiger partial charge in [-0.05, 0) is 47.8 Å². The minimum absolute atomic E-state index is 0.568. The van der Waals surface area contributed by atoms with E-state index in [-0.39, 0.29) is 0 Å². The molecule has 1 aliphatic heterocycles. The lowest BCUT2D eigenvalue weighted by Gasteiger charge is -2.32. The second-order valence-corrected chi connectivity index (χ2v) is 6.66. The number of aliphatic hydroxyl groups is 1. The minimum Gasteiger partial charge on any atom is -0.385 e. The number of hydrogen-bond acceptors (Lipinski definition) is 2. The van der Waals surface area contributed by atoms with Gasteiger partial charge in [0.05, 0.1) is 5.60 Å². The Hall–Kier alpha value is -0.470. The van der Waals surface area contributed by atoms with Crippen LogP contribution >= 0.6 is 11.8 Å². The Kier molecular flexibility index (Phi) is 4.16. The molecule has 2 heteroatoms. The van der Waals surface area contributed by atoms with Crippen LogP contribution in [-0.2, 0) is 12.0 Å². The summed E-state index contributed by atoms with van der Waals surface area (Å²) >= 11 is 1.94. The molecule has 2 rings (SSSR count). The molecule has 0 amide bonds. The van der Waals surface area contributed by atoms with E-state index in [9.17, 15) is 5.11 Å². The molecule has 1 heterocycles. The van der Waals surface area contributed by atoms with Crippen LogP contribution in [0, 0.1) is 5.92 Å². The summed E-state index contributed by atoms with van der Waals surface area (Å²) in [6, 6.07) is 8.59. The van der Waals surface area contributed by atoms with E-state index in [1.165, 1.54) is 5.56 Å². The van der Waals surface area contributed by atoms with Crippen LogP contribution in [0.1, 0.15) is 37.8 Å². The number of hydrogen-bond donors (Lipinski definition) is 1. The molecule has 1 aliphatic rings. The van der Waals surface area contributed by atoms with E-state index < -0.39 is 5.60 Å². The lowest BCUT2D eigenvalue weighted by molar-refractivity contribution is 0.0281. The van der Waals surface area contributed by atoms with Crippen molar-refractivity contribution in [1.29, 1.82) is 0 Å². The first-order valence-electron chi connectivity index (χ1n) is 6.50. The average molecular weight is 250 g/mol. The molecule has 94 valence electrons. The summed E-state index contributed by atoms with van der Waals surface area (Å²) in [6.07, 6.45) is 2.90. The Morgan fingerprint density at radius 3 is 2.29 bits per heavy atom. The summed E-state index contributed by atoms with van der Waals surface area (Å²) in [6.45, 7) is 4.47. The van der Waals surface area contributed by atoms with E-state index in [2.05, 4.69) is 38.1 Å². The van der Waals surface area contributed by atoms with Gasteiger partial charge in [-0.1, -0.05) is 38.1 Å². The van der Waals surface area contributed by atoms with Gasteiger partial charge < -0.3 is 5.11 Å². The predicted octanol–water partition coefficient (Wildman–Crippen LogP) is 3.60. The first-order valence-corrected chi connectivity index (χ1v) is 7.65. The molecule has 1 fully saturated rings. The molecule has 0 unspecified atom stereocenters. The predicted molar refractivity (Wildman–Crippen MR) is 75.4 cm³/mol. The van der Waals surface area contributed by atoms with Crippen molar-refractivity contribution in [1.82, 2.24) is 0 Å². The molecule has 1 saturated heterocycles. The Bertz CT molecular complexity index is 350. The van der Waals surface area contributed by atoms with Crippen LogP contribution in [0.4, 0.5) is 0 Å². The normalized spacial score (nSPS) is 19.5. The largest absolute Gasteiger partial charge is 0.385 e. The van der Waals surface area contributed by atoms with Crippen LogP contribution in [0.3, 0.4) is 0 Å². The summed E-state index contributed by atoms with van der Waals surface area (Å²) in [4.78, 5) is 0. The molecule has 0 spiro atoms. The van der Waals surface area contributed by atoms with Gasteiger partial charge >= 0.3 is 0 Å². The number of rotatable bonds is 3. The summed E-state index contributed by atoms with van der Waals surface area (Å²) in [5, 5.41) is 10.6. The molecule has 0 atom stereocenters. The monoisotopic (exact) mass is 250 g/mol. The zero-order valence-corrected chi connectivity index (χ0v) is 11.6. The maximum absolute atomic E-state index is 10.6. The molecule has 0 saturated carbocycles. The first kappa shape index (κ1) is 13.0. The van der Waals surface area contributed by atoms with Gasteiger partial charge in [-0.3, -0.25) is 0 Å². The van der Waals surface area contributed by atoms with E-state index in [0.29, 0.717) is 5.92 Å². The van der Waals surface area contributed by atoms with Crippen LogP contribution in [-0.4, -0.2) is 16.6 Å². The van der Waals surface area contributed by atoms with E-state index in [4.69, 9.17) is 0 Å². The smallest absolute Gasteiger partial charge is 0.0912 e. The highest BCUT2D eigenvalue weighted by Crippen LogP contribution is 2.35.